The summed E-state index contributed by atoms with van der Waals surface area (Å²) in [5.41, 5.74) is 0. The Morgan fingerprint density at radius 1 is 1.50 bits per heavy atom. The number of hydrogen-bond acceptors (Lipinski definition) is 3. The van der Waals surface area contributed by atoms with Crippen LogP contribution in [0.5, 0.6) is 0 Å². The molecule has 0 spiro atoms. The summed E-state index contributed by atoms with van der Waals surface area (Å²) in [5, 5.41) is 18.5. The van der Waals surface area contributed by atoms with Crippen LogP contribution in [0.4, 0.5) is 0 Å². The Kier molecular flexibility index (Phi) is 5.77. The lowest BCUT2D eigenvalue weighted by Gasteiger charge is -2.38. The summed E-state index contributed by atoms with van der Waals surface area (Å²) >= 11 is 0. The minimum atomic E-state index is -0.742. The lowest BCUT2D eigenvalue weighted by atomic mass is 9.98. The fourth-order valence-electron chi connectivity index (χ4n) is 2.46. The second kappa shape index (κ2) is 6.86. The van der Waals surface area contributed by atoms with Gasteiger partial charge in [0.25, 0.3) is 0 Å². The van der Waals surface area contributed by atoms with Crippen molar-refractivity contribution in [3.63, 3.8) is 0 Å². The Morgan fingerprint density at radius 3 is 2.81 bits per heavy atom. The van der Waals surface area contributed by atoms with E-state index < -0.39 is 12.0 Å². The van der Waals surface area contributed by atoms with Crippen LogP contribution >= 0.6 is 0 Å². The highest BCUT2D eigenvalue weighted by Gasteiger charge is 2.32. The molecule has 1 fully saturated rings. The lowest BCUT2D eigenvalue weighted by molar-refractivity contribution is -0.145. The number of nitrogens with zero attached hydrogens (tertiary/aromatic N) is 1. The van der Waals surface area contributed by atoms with E-state index in [0.29, 0.717) is 6.42 Å². The molecule has 0 saturated carbocycles. The maximum absolute atomic E-state index is 11.2. The van der Waals surface area contributed by atoms with Crippen LogP contribution in [0, 0.1) is 0 Å². The van der Waals surface area contributed by atoms with E-state index in [2.05, 4.69) is 6.92 Å². The highest BCUT2D eigenvalue weighted by molar-refractivity contribution is 5.73. The topological polar surface area (TPSA) is 60.8 Å². The molecule has 0 aromatic heterocycles. The van der Waals surface area contributed by atoms with Crippen LogP contribution in [-0.4, -0.2) is 46.3 Å². The normalized spacial score (nSPS) is 24.2. The zero-order valence-corrected chi connectivity index (χ0v) is 10.1. The largest absolute Gasteiger partial charge is 0.480 e. The first-order valence-corrected chi connectivity index (χ1v) is 6.30. The van der Waals surface area contributed by atoms with Crippen molar-refractivity contribution in [1.82, 2.24) is 4.90 Å². The third-order valence-corrected chi connectivity index (χ3v) is 3.40. The minimum Gasteiger partial charge on any atom is -0.480 e. The molecule has 2 atom stereocenters. The van der Waals surface area contributed by atoms with Crippen LogP contribution in [0.1, 0.15) is 45.4 Å². The Labute approximate surface area is 97.3 Å². The molecule has 2 unspecified atom stereocenters. The van der Waals surface area contributed by atoms with Gasteiger partial charge in [0.1, 0.15) is 6.04 Å². The average molecular weight is 229 g/mol. The molecule has 2 N–H and O–H groups in total. The van der Waals surface area contributed by atoms with Crippen molar-refractivity contribution in [3.05, 3.63) is 0 Å². The molecule has 1 aliphatic rings. The number of piperidine rings is 1. The minimum absolute atomic E-state index is 0.0479. The number of rotatable bonds is 6. The van der Waals surface area contributed by atoms with Crippen molar-refractivity contribution in [3.8, 4) is 0 Å². The molecule has 16 heavy (non-hydrogen) atoms. The van der Waals surface area contributed by atoms with Crippen LogP contribution in [0.15, 0.2) is 0 Å². The molecule has 1 rings (SSSR count). The van der Waals surface area contributed by atoms with E-state index in [1.54, 1.807) is 0 Å². The molecule has 0 bridgehead atoms. The van der Waals surface area contributed by atoms with Gasteiger partial charge in [-0.25, -0.2) is 0 Å². The molecule has 1 heterocycles. The number of aliphatic hydroxyl groups is 1. The summed E-state index contributed by atoms with van der Waals surface area (Å²) < 4.78 is 0. The second-order valence-electron chi connectivity index (χ2n) is 4.57. The van der Waals surface area contributed by atoms with Gasteiger partial charge in [0, 0.05) is 6.04 Å². The predicted molar refractivity (Wildman–Crippen MR) is 62.4 cm³/mol. The number of unbranched alkanes of at least 4 members (excludes halogenated alkanes) is 1. The zero-order chi connectivity index (χ0) is 12.0. The molecule has 4 nitrogen and oxygen atoms in total. The molecule has 1 saturated heterocycles. The SMILES string of the molecule is CCCCC(C(=O)O)N1CCCCC1CO. The molecule has 0 aromatic carbocycles. The average Bonchev–Trinajstić information content (AvgIpc) is 2.29. The van der Waals surface area contributed by atoms with E-state index in [1.807, 2.05) is 4.90 Å². The molecular weight excluding hydrogens is 206 g/mol. The zero-order valence-electron chi connectivity index (χ0n) is 10.1. The first kappa shape index (κ1) is 13.5. The number of hydrogen-bond donors (Lipinski definition) is 2. The van der Waals surface area contributed by atoms with E-state index in [-0.39, 0.29) is 12.6 Å². The molecule has 0 radical (unpaired) electrons. The van der Waals surface area contributed by atoms with Crippen molar-refractivity contribution < 1.29 is 15.0 Å². The summed E-state index contributed by atoms with van der Waals surface area (Å²) in [6.45, 7) is 2.96. The van der Waals surface area contributed by atoms with Crippen LogP contribution in [0.2, 0.25) is 0 Å². The highest BCUT2D eigenvalue weighted by Crippen LogP contribution is 2.22. The van der Waals surface area contributed by atoms with Crippen molar-refractivity contribution in [2.75, 3.05) is 13.2 Å². The monoisotopic (exact) mass is 229 g/mol. The standard InChI is InChI=1S/C12H23NO3/c1-2-3-7-11(12(15)16)13-8-5-4-6-10(13)9-14/h10-11,14H,2-9H2,1H3,(H,15,16). The number of carboxylic acid groups (broad SMARTS) is 1. The Balaban J connectivity index is 2.62. The number of likely N-dealkylation sites (tertiary alicyclic amines) is 1. The van der Waals surface area contributed by atoms with Gasteiger partial charge < -0.3 is 10.2 Å². The van der Waals surface area contributed by atoms with Crippen molar-refractivity contribution in [2.24, 2.45) is 0 Å². The smallest absolute Gasteiger partial charge is 0.320 e. The summed E-state index contributed by atoms with van der Waals surface area (Å²) in [7, 11) is 0. The molecule has 4 heteroatoms. The first-order valence-electron chi connectivity index (χ1n) is 6.30. The fraction of sp³-hybridized carbons (Fsp3) is 0.917. The quantitative estimate of drug-likeness (QED) is 0.724. The third kappa shape index (κ3) is 3.46. The van der Waals surface area contributed by atoms with E-state index in [0.717, 1.165) is 38.6 Å². The van der Waals surface area contributed by atoms with Crippen molar-refractivity contribution in [1.29, 1.82) is 0 Å². The third-order valence-electron chi connectivity index (χ3n) is 3.40. The van der Waals surface area contributed by atoms with E-state index >= 15 is 0 Å². The molecule has 94 valence electrons. The molecule has 0 aromatic rings. The van der Waals surface area contributed by atoms with Gasteiger partial charge in [0.05, 0.1) is 6.61 Å². The van der Waals surface area contributed by atoms with Crippen LogP contribution < -0.4 is 0 Å². The highest BCUT2D eigenvalue weighted by atomic mass is 16.4. The Bertz CT molecular complexity index is 220. The summed E-state index contributed by atoms with van der Waals surface area (Å²) in [5.74, 6) is -0.742. The number of aliphatic hydroxyl groups excluding tert-OH is 1. The van der Waals surface area contributed by atoms with Gasteiger partial charge in [-0.3, -0.25) is 9.69 Å². The van der Waals surface area contributed by atoms with Crippen molar-refractivity contribution in [2.45, 2.75) is 57.5 Å². The second-order valence-corrected chi connectivity index (χ2v) is 4.57. The van der Waals surface area contributed by atoms with Crippen LogP contribution in [-0.2, 0) is 4.79 Å². The first-order chi connectivity index (χ1) is 7.70. The Hall–Kier alpha value is -0.610. The predicted octanol–water partition coefficient (Wildman–Crippen LogP) is 1.48. The van der Waals surface area contributed by atoms with E-state index in [1.165, 1.54) is 0 Å². The molecule has 0 amide bonds. The van der Waals surface area contributed by atoms with Crippen molar-refractivity contribution >= 4 is 5.97 Å². The van der Waals surface area contributed by atoms with Gasteiger partial charge >= 0.3 is 5.97 Å². The van der Waals surface area contributed by atoms with Gasteiger partial charge in [-0.2, -0.15) is 0 Å². The van der Waals surface area contributed by atoms with Crippen LogP contribution in [0.25, 0.3) is 0 Å². The number of carbonyl (C=O) groups is 1. The Morgan fingerprint density at radius 2 is 2.25 bits per heavy atom. The van der Waals surface area contributed by atoms with Gasteiger partial charge in [-0.1, -0.05) is 26.2 Å². The number of aliphatic carboxylic acids is 1. The van der Waals surface area contributed by atoms with Crippen LogP contribution in [0.3, 0.4) is 0 Å². The van der Waals surface area contributed by atoms with Gasteiger partial charge in [0.15, 0.2) is 0 Å². The van der Waals surface area contributed by atoms with Gasteiger partial charge in [0.2, 0.25) is 0 Å². The van der Waals surface area contributed by atoms with E-state index in [9.17, 15) is 15.0 Å². The van der Waals surface area contributed by atoms with E-state index in [4.69, 9.17) is 0 Å². The summed E-state index contributed by atoms with van der Waals surface area (Å²) in [4.78, 5) is 13.2. The summed E-state index contributed by atoms with van der Waals surface area (Å²) in [6, 6.07) is -0.357. The fourth-order valence-corrected chi connectivity index (χ4v) is 2.46. The van der Waals surface area contributed by atoms with Gasteiger partial charge in [-0.05, 0) is 25.8 Å². The summed E-state index contributed by atoms with van der Waals surface area (Å²) in [6.07, 6.45) is 5.72. The lowest BCUT2D eigenvalue weighted by Crippen LogP contribution is -2.51. The van der Waals surface area contributed by atoms with Gasteiger partial charge in [-0.15, -0.1) is 0 Å². The molecule has 1 aliphatic heterocycles. The number of carboxylic acids is 1. The molecular formula is C12H23NO3. The maximum Gasteiger partial charge on any atom is 0.320 e. The maximum atomic E-state index is 11.2. The molecule has 0 aliphatic carbocycles.